The number of nitrogens with zero attached hydrogens (tertiary/aromatic N) is 3. The van der Waals surface area contributed by atoms with E-state index < -0.39 is 0 Å². The highest BCUT2D eigenvalue weighted by molar-refractivity contribution is 5.97. The number of fused-ring (bicyclic) bond motifs is 1. The first-order valence-corrected chi connectivity index (χ1v) is 9.24. The van der Waals surface area contributed by atoms with E-state index in [1.54, 1.807) is 16.8 Å². The quantitative estimate of drug-likeness (QED) is 0.541. The first-order valence-electron chi connectivity index (χ1n) is 9.24. The lowest BCUT2D eigenvalue weighted by molar-refractivity contribution is 0.0943. The first kappa shape index (κ1) is 20.6. The van der Waals surface area contributed by atoms with E-state index in [0.29, 0.717) is 43.9 Å². The molecule has 1 heterocycles. The lowest BCUT2D eigenvalue weighted by atomic mass is 10.2. The average Bonchev–Trinajstić information content (AvgIpc) is 3.03. The highest BCUT2D eigenvalue weighted by atomic mass is 16.5. The van der Waals surface area contributed by atoms with Crippen LogP contribution in [-0.4, -0.2) is 59.3 Å². The van der Waals surface area contributed by atoms with Gasteiger partial charge >= 0.3 is 6.03 Å². The molecular formula is C18H28N6O3. The van der Waals surface area contributed by atoms with E-state index in [1.807, 2.05) is 26.8 Å². The number of aromatic nitrogens is 3. The highest BCUT2D eigenvalue weighted by Gasteiger charge is 2.11. The maximum absolute atomic E-state index is 12.1. The molecule has 0 unspecified atom stereocenters. The van der Waals surface area contributed by atoms with Crippen LogP contribution in [0.25, 0.3) is 11.0 Å². The summed E-state index contributed by atoms with van der Waals surface area (Å²) in [4.78, 5) is 23.8. The summed E-state index contributed by atoms with van der Waals surface area (Å²) in [5.74, 6) is -0.135. The number of ether oxygens (including phenoxy) is 1. The molecule has 0 radical (unpaired) electrons. The summed E-state index contributed by atoms with van der Waals surface area (Å²) in [5.41, 5.74) is 2.01. The van der Waals surface area contributed by atoms with Gasteiger partial charge in [0.2, 0.25) is 0 Å². The number of nitrogens with one attached hydrogen (secondary N) is 3. The molecule has 2 rings (SSSR count). The zero-order valence-corrected chi connectivity index (χ0v) is 16.1. The number of carbonyl (C=O) groups excluding carboxylic acids is 2. The number of urea groups is 1. The fraction of sp³-hybridized carbons (Fsp3) is 0.556. The van der Waals surface area contributed by atoms with Crippen LogP contribution in [-0.2, 0) is 11.3 Å². The Morgan fingerprint density at radius 3 is 2.74 bits per heavy atom. The summed E-state index contributed by atoms with van der Waals surface area (Å²) in [6, 6.07) is 5.13. The molecule has 0 aliphatic heterocycles. The van der Waals surface area contributed by atoms with Crippen molar-refractivity contribution in [1.82, 2.24) is 30.9 Å². The lowest BCUT2D eigenvalue weighted by Gasteiger charge is -2.09. The molecule has 0 aliphatic rings. The smallest absolute Gasteiger partial charge is 0.314 e. The number of hydrogen-bond acceptors (Lipinski definition) is 5. The van der Waals surface area contributed by atoms with Crippen molar-refractivity contribution in [3.8, 4) is 0 Å². The molecule has 0 spiro atoms. The average molecular weight is 376 g/mol. The molecule has 9 nitrogen and oxygen atoms in total. The Kier molecular flexibility index (Phi) is 8.00. The Bertz CT molecular complexity index is 759. The van der Waals surface area contributed by atoms with Gasteiger partial charge in [0.15, 0.2) is 0 Å². The third-order valence-corrected chi connectivity index (χ3v) is 3.76. The summed E-state index contributed by atoms with van der Waals surface area (Å²) < 4.78 is 6.92. The summed E-state index contributed by atoms with van der Waals surface area (Å²) in [7, 11) is 0. The van der Waals surface area contributed by atoms with E-state index >= 15 is 0 Å². The largest absolute Gasteiger partial charge is 0.382 e. The molecule has 148 valence electrons. The molecule has 2 aromatic rings. The van der Waals surface area contributed by atoms with Gasteiger partial charge in [-0.3, -0.25) is 4.79 Å². The maximum Gasteiger partial charge on any atom is 0.314 e. The number of hydrogen-bond donors (Lipinski definition) is 3. The normalized spacial score (nSPS) is 11.0. The van der Waals surface area contributed by atoms with Gasteiger partial charge in [0.25, 0.3) is 5.91 Å². The molecule has 3 N–H and O–H groups in total. The minimum absolute atomic E-state index is 0.0697. The number of carbonyl (C=O) groups is 2. The van der Waals surface area contributed by atoms with Gasteiger partial charge in [-0.05, 0) is 45.4 Å². The summed E-state index contributed by atoms with van der Waals surface area (Å²) in [5, 5.41) is 16.6. The SMILES string of the molecule is CCOCCCNC(=O)NCCn1nnc2cc(C(=O)NC(C)C)ccc21. The van der Waals surface area contributed by atoms with Crippen molar-refractivity contribution in [3.05, 3.63) is 23.8 Å². The van der Waals surface area contributed by atoms with Crippen molar-refractivity contribution < 1.29 is 14.3 Å². The Morgan fingerprint density at radius 1 is 1.22 bits per heavy atom. The van der Waals surface area contributed by atoms with E-state index in [4.69, 9.17) is 4.74 Å². The summed E-state index contributed by atoms with van der Waals surface area (Å²) >= 11 is 0. The third-order valence-electron chi connectivity index (χ3n) is 3.76. The molecule has 0 aliphatic carbocycles. The Labute approximate surface area is 158 Å². The third kappa shape index (κ3) is 6.52. The van der Waals surface area contributed by atoms with E-state index in [9.17, 15) is 9.59 Å². The first-order chi connectivity index (χ1) is 13.0. The van der Waals surface area contributed by atoms with Crippen LogP contribution in [0.15, 0.2) is 18.2 Å². The summed E-state index contributed by atoms with van der Waals surface area (Å²) in [6.45, 7) is 8.56. The Balaban J connectivity index is 1.82. The molecule has 0 saturated carbocycles. The van der Waals surface area contributed by atoms with Crippen molar-refractivity contribution in [2.45, 2.75) is 39.8 Å². The molecule has 27 heavy (non-hydrogen) atoms. The molecule has 3 amide bonds. The monoisotopic (exact) mass is 376 g/mol. The van der Waals surface area contributed by atoms with Crippen molar-refractivity contribution in [2.24, 2.45) is 0 Å². The van der Waals surface area contributed by atoms with E-state index in [0.717, 1.165) is 11.9 Å². The van der Waals surface area contributed by atoms with Gasteiger partial charge in [-0.25, -0.2) is 9.48 Å². The fourth-order valence-corrected chi connectivity index (χ4v) is 2.48. The molecule has 9 heteroatoms. The van der Waals surface area contributed by atoms with Crippen LogP contribution in [0.5, 0.6) is 0 Å². The molecule has 0 saturated heterocycles. The van der Waals surface area contributed by atoms with E-state index in [1.165, 1.54) is 0 Å². The van der Waals surface area contributed by atoms with Crippen molar-refractivity contribution >= 4 is 23.0 Å². The predicted molar refractivity (Wildman–Crippen MR) is 103 cm³/mol. The van der Waals surface area contributed by atoms with Crippen LogP contribution in [0.4, 0.5) is 4.79 Å². The highest BCUT2D eigenvalue weighted by Crippen LogP contribution is 2.13. The van der Waals surface area contributed by atoms with Gasteiger partial charge in [-0.2, -0.15) is 0 Å². The molecule has 0 fully saturated rings. The number of amides is 3. The molecule has 0 atom stereocenters. The number of rotatable bonds is 10. The van der Waals surface area contributed by atoms with Gasteiger partial charge < -0.3 is 20.7 Å². The molecular weight excluding hydrogens is 348 g/mol. The van der Waals surface area contributed by atoms with Gasteiger partial charge in [-0.1, -0.05) is 5.21 Å². The zero-order valence-electron chi connectivity index (χ0n) is 16.1. The number of benzene rings is 1. The minimum Gasteiger partial charge on any atom is -0.382 e. The predicted octanol–water partition coefficient (Wildman–Crippen LogP) is 1.30. The van der Waals surface area contributed by atoms with Gasteiger partial charge in [0.1, 0.15) is 5.52 Å². The van der Waals surface area contributed by atoms with Gasteiger partial charge in [-0.15, -0.1) is 5.10 Å². The topological polar surface area (TPSA) is 110 Å². The van der Waals surface area contributed by atoms with Crippen molar-refractivity contribution in [2.75, 3.05) is 26.3 Å². The van der Waals surface area contributed by atoms with Crippen LogP contribution in [0.3, 0.4) is 0 Å². The van der Waals surface area contributed by atoms with Crippen LogP contribution in [0.1, 0.15) is 37.6 Å². The standard InChI is InChI=1S/C18H28N6O3/c1-4-27-11-5-8-19-18(26)20-9-10-24-16-7-6-14(12-15(16)22-23-24)17(25)21-13(2)3/h6-7,12-13H,4-5,8-11H2,1-3H3,(H,21,25)(H2,19,20,26). The second-order valence-corrected chi connectivity index (χ2v) is 6.38. The van der Waals surface area contributed by atoms with Crippen LogP contribution >= 0.6 is 0 Å². The van der Waals surface area contributed by atoms with E-state index in [2.05, 4.69) is 26.3 Å². The molecule has 0 bridgehead atoms. The second kappa shape index (κ2) is 10.5. The van der Waals surface area contributed by atoms with Crippen LogP contribution < -0.4 is 16.0 Å². The molecule has 1 aromatic carbocycles. The maximum atomic E-state index is 12.1. The lowest BCUT2D eigenvalue weighted by Crippen LogP contribution is -2.38. The Hall–Kier alpha value is -2.68. The van der Waals surface area contributed by atoms with Gasteiger partial charge in [0, 0.05) is 37.9 Å². The van der Waals surface area contributed by atoms with Crippen LogP contribution in [0.2, 0.25) is 0 Å². The second-order valence-electron chi connectivity index (χ2n) is 6.38. The summed E-state index contributed by atoms with van der Waals surface area (Å²) in [6.07, 6.45) is 0.779. The molecule has 1 aromatic heterocycles. The Morgan fingerprint density at radius 2 is 2.00 bits per heavy atom. The van der Waals surface area contributed by atoms with Gasteiger partial charge in [0.05, 0.1) is 12.1 Å². The fourth-order valence-electron chi connectivity index (χ4n) is 2.48. The minimum atomic E-state index is -0.219. The van der Waals surface area contributed by atoms with Crippen LogP contribution in [0, 0.1) is 0 Å². The van der Waals surface area contributed by atoms with Crippen molar-refractivity contribution in [3.63, 3.8) is 0 Å². The zero-order chi connectivity index (χ0) is 19.6. The van der Waals surface area contributed by atoms with Crippen molar-refractivity contribution in [1.29, 1.82) is 0 Å². The van der Waals surface area contributed by atoms with E-state index in [-0.39, 0.29) is 18.0 Å².